The molecule has 0 radical (unpaired) electrons. The summed E-state index contributed by atoms with van der Waals surface area (Å²) in [5.74, 6) is 0.673. The summed E-state index contributed by atoms with van der Waals surface area (Å²) < 4.78 is 16.0. The standard InChI is InChI=1S/C16H23NO4/c1-13-4-3-5-14(10-13)20-8-6-17-7-9-21-15(12-17)11-16(18)19-2/h3-5,10,15H,6-9,11-12H2,1-2H3. The Balaban J connectivity index is 1.71. The maximum atomic E-state index is 11.3. The molecule has 0 bridgehead atoms. The van der Waals surface area contributed by atoms with Crippen LogP contribution in [0.5, 0.6) is 5.75 Å². The van der Waals surface area contributed by atoms with Gasteiger partial charge in [0.1, 0.15) is 12.4 Å². The van der Waals surface area contributed by atoms with E-state index in [1.54, 1.807) is 0 Å². The van der Waals surface area contributed by atoms with Gasteiger partial charge in [-0.2, -0.15) is 0 Å². The molecule has 1 atom stereocenters. The largest absolute Gasteiger partial charge is 0.492 e. The summed E-state index contributed by atoms with van der Waals surface area (Å²) in [6.45, 7) is 5.77. The minimum atomic E-state index is -0.224. The maximum absolute atomic E-state index is 11.3. The maximum Gasteiger partial charge on any atom is 0.308 e. The van der Waals surface area contributed by atoms with Crippen molar-refractivity contribution in [3.8, 4) is 5.75 Å². The van der Waals surface area contributed by atoms with Gasteiger partial charge in [0.05, 0.1) is 26.2 Å². The summed E-state index contributed by atoms with van der Waals surface area (Å²) in [7, 11) is 1.40. The molecule has 1 saturated heterocycles. The highest BCUT2D eigenvalue weighted by atomic mass is 16.5. The van der Waals surface area contributed by atoms with Crippen molar-refractivity contribution in [2.75, 3.05) is 40.0 Å². The third-order valence-electron chi connectivity index (χ3n) is 3.51. The van der Waals surface area contributed by atoms with E-state index in [-0.39, 0.29) is 12.1 Å². The molecule has 0 saturated carbocycles. The summed E-state index contributed by atoms with van der Waals surface area (Å²) in [5, 5.41) is 0. The second-order valence-corrected chi connectivity index (χ2v) is 5.24. The van der Waals surface area contributed by atoms with Crippen LogP contribution in [-0.4, -0.2) is 56.9 Å². The first-order chi connectivity index (χ1) is 10.2. The average Bonchev–Trinajstić information content (AvgIpc) is 2.47. The molecule has 0 amide bonds. The lowest BCUT2D eigenvalue weighted by Crippen LogP contribution is -2.44. The third-order valence-corrected chi connectivity index (χ3v) is 3.51. The predicted molar refractivity (Wildman–Crippen MR) is 79.5 cm³/mol. The molecule has 116 valence electrons. The molecular formula is C16H23NO4. The first-order valence-electron chi connectivity index (χ1n) is 7.27. The lowest BCUT2D eigenvalue weighted by Gasteiger charge is -2.32. The van der Waals surface area contributed by atoms with E-state index in [0.29, 0.717) is 19.6 Å². The fraction of sp³-hybridized carbons (Fsp3) is 0.562. The SMILES string of the molecule is COC(=O)CC1CN(CCOc2cccc(C)c2)CCO1. The Labute approximate surface area is 125 Å². The number of hydrogen-bond acceptors (Lipinski definition) is 5. The van der Waals surface area contributed by atoms with Crippen LogP contribution in [0.3, 0.4) is 0 Å². The number of carbonyl (C=O) groups is 1. The number of aryl methyl sites for hydroxylation is 1. The zero-order valence-electron chi connectivity index (χ0n) is 12.7. The van der Waals surface area contributed by atoms with Gasteiger partial charge in [-0.3, -0.25) is 9.69 Å². The summed E-state index contributed by atoms with van der Waals surface area (Å²) in [6.07, 6.45) is 0.233. The Bertz CT molecular complexity index is 463. The molecule has 1 heterocycles. The van der Waals surface area contributed by atoms with E-state index in [4.69, 9.17) is 9.47 Å². The molecule has 1 aliphatic rings. The van der Waals surface area contributed by atoms with Crippen molar-refractivity contribution in [3.63, 3.8) is 0 Å². The van der Waals surface area contributed by atoms with E-state index in [1.807, 2.05) is 31.2 Å². The van der Waals surface area contributed by atoms with Crippen LogP contribution in [-0.2, 0) is 14.3 Å². The van der Waals surface area contributed by atoms with Crippen molar-refractivity contribution >= 4 is 5.97 Å². The van der Waals surface area contributed by atoms with Crippen LogP contribution in [0.4, 0.5) is 0 Å². The van der Waals surface area contributed by atoms with Gasteiger partial charge in [0, 0.05) is 19.6 Å². The first-order valence-corrected chi connectivity index (χ1v) is 7.27. The molecule has 1 aromatic carbocycles. The van der Waals surface area contributed by atoms with Gasteiger partial charge >= 0.3 is 5.97 Å². The van der Waals surface area contributed by atoms with Gasteiger partial charge < -0.3 is 14.2 Å². The zero-order valence-corrected chi connectivity index (χ0v) is 12.7. The molecule has 0 spiro atoms. The van der Waals surface area contributed by atoms with Crippen LogP contribution in [0.2, 0.25) is 0 Å². The minimum absolute atomic E-state index is 0.0785. The van der Waals surface area contributed by atoms with Gasteiger partial charge in [0.25, 0.3) is 0 Å². The van der Waals surface area contributed by atoms with Crippen LogP contribution in [0.25, 0.3) is 0 Å². The normalized spacial score (nSPS) is 19.2. The number of esters is 1. The number of ether oxygens (including phenoxy) is 3. The monoisotopic (exact) mass is 293 g/mol. The Morgan fingerprint density at radius 3 is 3.10 bits per heavy atom. The molecule has 1 fully saturated rings. The molecule has 5 nitrogen and oxygen atoms in total. The highest BCUT2D eigenvalue weighted by molar-refractivity contribution is 5.69. The van der Waals surface area contributed by atoms with Gasteiger partial charge in [-0.15, -0.1) is 0 Å². The number of nitrogens with zero attached hydrogens (tertiary/aromatic N) is 1. The van der Waals surface area contributed by atoms with Gasteiger partial charge in [-0.05, 0) is 24.6 Å². The molecule has 1 unspecified atom stereocenters. The van der Waals surface area contributed by atoms with Crippen molar-refractivity contribution < 1.29 is 19.0 Å². The summed E-state index contributed by atoms with van der Waals surface area (Å²) in [5.41, 5.74) is 1.19. The highest BCUT2D eigenvalue weighted by Crippen LogP contribution is 2.13. The van der Waals surface area contributed by atoms with Crippen LogP contribution < -0.4 is 4.74 Å². The van der Waals surface area contributed by atoms with Crippen LogP contribution in [0, 0.1) is 6.92 Å². The van der Waals surface area contributed by atoms with E-state index < -0.39 is 0 Å². The molecule has 5 heteroatoms. The number of benzene rings is 1. The smallest absolute Gasteiger partial charge is 0.308 e. The Morgan fingerprint density at radius 1 is 1.48 bits per heavy atom. The second-order valence-electron chi connectivity index (χ2n) is 5.24. The second kappa shape index (κ2) is 8.00. The Kier molecular flexibility index (Phi) is 6.02. The summed E-state index contributed by atoms with van der Waals surface area (Å²) in [4.78, 5) is 13.5. The van der Waals surface area contributed by atoms with Gasteiger partial charge in [-0.1, -0.05) is 12.1 Å². The third kappa shape index (κ3) is 5.36. The molecule has 2 rings (SSSR count). The summed E-state index contributed by atoms with van der Waals surface area (Å²) in [6, 6.07) is 8.03. The number of methoxy groups -OCH3 is 1. The average molecular weight is 293 g/mol. The van der Waals surface area contributed by atoms with Crippen LogP contribution in [0.15, 0.2) is 24.3 Å². The molecule has 0 N–H and O–H groups in total. The fourth-order valence-corrected chi connectivity index (χ4v) is 2.37. The number of rotatable bonds is 6. The molecule has 1 aromatic rings. The van der Waals surface area contributed by atoms with E-state index in [9.17, 15) is 4.79 Å². The minimum Gasteiger partial charge on any atom is -0.492 e. The zero-order chi connectivity index (χ0) is 15.1. The fourth-order valence-electron chi connectivity index (χ4n) is 2.37. The van der Waals surface area contributed by atoms with E-state index in [1.165, 1.54) is 12.7 Å². The van der Waals surface area contributed by atoms with Gasteiger partial charge in [0.2, 0.25) is 0 Å². The predicted octanol–water partition coefficient (Wildman–Crippen LogP) is 1.64. The van der Waals surface area contributed by atoms with Gasteiger partial charge in [0.15, 0.2) is 0 Å². The van der Waals surface area contributed by atoms with Crippen LogP contribution in [0.1, 0.15) is 12.0 Å². The molecule has 0 aromatic heterocycles. The summed E-state index contributed by atoms with van der Waals surface area (Å²) >= 11 is 0. The van der Waals surface area contributed by atoms with Crippen molar-refractivity contribution in [1.29, 1.82) is 0 Å². The van der Waals surface area contributed by atoms with E-state index in [0.717, 1.165) is 25.4 Å². The molecule has 21 heavy (non-hydrogen) atoms. The topological polar surface area (TPSA) is 48.0 Å². The van der Waals surface area contributed by atoms with Crippen molar-refractivity contribution in [3.05, 3.63) is 29.8 Å². The number of morpholine rings is 1. The van der Waals surface area contributed by atoms with Crippen LogP contribution >= 0.6 is 0 Å². The Morgan fingerprint density at radius 2 is 2.33 bits per heavy atom. The lowest BCUT2D eigenvalue weighted by atomic mass is 10.2. The molecule has 1 aliphatic heterocycles. The number of hydrogen-bond donors (Lipinski definition) is 0. The lowest BCUT2D eigenvalue weighted by molar-refractivity contribution is -0.145. The van der Waals surface area contributed by atoms with Crippen molar-refractivity contribution in [1.82, 2.24) is 4.90 Å². The van der Waals surface area contributed by atoms with Crippen molar-refractivity contribution in [2.24, 2.45) is 0 Å². The number of carbonyl (C=O) groups excluding carboxylic acids is 1. The molecule has 0 aliphatic carbocycles. The first kappa shape index (κ1) is 15.8. The van der Waals surface area contributed by atoms with E-state index in [2.05, 4.69) is 9.64 Å². The highest BCUT2D eigenvalue weighted by Gasteiger charge is 2.22. The van der Waals surface area contributed by atoms with Gasteiger partial charge in [-0.25, -0.2) is 0 Å². The van der Waals surface area contributed by atoms with Crippen molar-refractivity contribution in [2.45, 2.75) is 19.4 Å². The Hall–Kier alpha value is -1.59. The van der Waals surface area contributed by atoms with E-state index >= 15 is 0 Å². The quantitative estimate of drug-likeness (QED) is 0.746. The molecular weight excluding hydrogens is 270 g/mol.